The van der Waals surface area contributed by atoms with Crippen LogP contribution >= 0.6 is 0 Å². The van der Waals surface area contributed by atoms with E-state index in [9.17, 15) is 0 Å². The summed E-state index contributed by atoms with van der Waals surface area (Å²) >= 11 is 0. The largest absolute Gasteiger partial charge is 0.313 e. The van der Waals surface area contributed by atoms with Crippen LogP contribution in [0, 0.1) is 5.41 Å². The summed E-state index contributed by atoms with van der Waals surface area (Å²) in [5, 5.41) is 3.71. The Kier molecular flexibility index (Phi) is 2.73. The molecule has 1 N–H and O–H groups in total. The van der Waals surface area contributed by atoms with Gasteiger partial charge in [-0.2, -0.15) is 0 Å². The number of hydrogen-bond acceptors (Lipinski definition) is 1. The quantitative estimate of drug-likeness (QED) is 0.657. The van der Waals surface area contributed by atoms with Gasteiger partial charge in [-0.25, -0.2) is 0 Å². The fraction of sp³-hybridized carbons (Fsp3) is 0.833. The maximum absolute atomic E-state index is 3.71. The van der Waals surface area contributed by atoms with E-state index >= 15 is 0 Å². The van der Waals surface area contributed by atoms with E-state index in [1.54, 1.807) is 0 Å². The lowest BCUT2D eigenvalue weighted by atomic mass is 9.70. The first kappa shape index (κ1) is 9.26. The fourth-order valence-corrected chi connectivity index (χ4v) is 2.33. The molecule has 2 aliphatic carbocycles. The van der Waals surface area contributed by atoms with Crippen molar-refractivity contribution in [1.29, 1.82) is 0 Å². The van der Waals surface area contributed by atoms with Crippen LogP contribution in [0.3, 0.4) is 0 Å². The van der Waals surface area contributed by atoms with Gasteiger partial charge >= 0.3 is 0 Å². The maximum Gasteiger partial charge on any atom is 0.0105 e. The molecule has 0 aliphatic heterocycles. The first-order chi connectivity index (χ1) is 6.29. The molecule has 1 heteroatoms. The van der Waals surface area contributed by atoms with Crippen LogP contribution in [0.1, 0.15) is 45.4 Å². The van der Waals surface area contributed by atoms with Gasteiger partial charge in [0, 0.05) is 12.6 Å². The lowest BCUT2D eigenvalue weighted by Crippen LogP contribution is -2.42. The summed E-state index contributed by atoms with van der Waals surface area (Å²) in [7, 11) is 0. The van der Waals surface area contributed by atoms with Gasteiger partial charge in [-0.15, -0.1) is 0 Å². The first-order valence-electron chi connectivity index (χ1n) is 5.67. The van der Waals surface area contributed by atoms with E-state index in [0.717, 1.165) is 6.04 Å². The Labute approximate surface area is 81.6 Å². The zero-order valence-corrected chi connectivity index (χ0v) is 8.68. The summed E-state index contributed by atoms with van der Waals surface area (Å²) in [5.74, 6) is 0. The summed E-state index contributed by atoms with van der Waals surface area (Å²) in [6.45, 7) is 3.66. The van der Waals surface area contributed by atoms with Crippen molar-refractivity contribution >= 4 is 0 Å². The standard InChI is InChI=1S/C12H21N/c1-12(8-5-9-12)10-13-11-6-3-2-4-7-11/h2-3,11,13H,4-10H2,1H3. The number of rotatable bonds is 3. The van der Waals surface area contributed by atoms with E-state index in [2.05, 4.69) is 24.4 Å². The molecule has 2 aliphatic rings. The van der Waals surface area contributed by atoms with Crippen molar-refractivity contribution in [3.63, 3.8) is 0 Å². The minimum absolute atomic E-state index is 0.640. The smallest absolute Gasteiger partial charge is 0.0105 e. The summed E-state index contributed by atoms with van der Waals surface area (Å²) in [6.07, 6.45) is 12.8. The van der Waals surface area contributed by atoms with E-state index < -0.39 is 0 Å². The van der Waals surface area contributed by atoms with Crippen LogP contribution in [0.5, 0.6) is 0 Å². The molecule has 13 heavy (non-hydrogen) atoms. The van der Waals surface area contributed by atoms with Crippen LogP contribution in [0.4, 0.5) is 0 Å². The molecular formula is C12H21N. The first-order valence-corrected chi connectivity index (χ1v) is 5.67. The molecule has 0 aromatic carbocycles. The molecule has 0 spiro atoms. The Hall–Kier alpha value is -0.300. The van der Waals surface area contributed by atoms with Crippen LogP contribution < -0.4 is 5.32 Å². The number of hydrogen-bond donors (Lipinski definition) is 1. The normalized spacial score (nSPS) is 31.3. The Morgan fingerprint density at radius 3 is 2.77 bits per heavy atom. The average Bonchev–Trinajstić information content (AvgIpc) is 2.13. The highest BCUT2D eigenvalue weighted by Crippen LogP contribution is 2.39. The molecule has 1 fully saturated rings. The molecule has 2 rings (SSSR count). The van der Waals surface area contributed by atoms with E-state index in [1.165, 1.54) is 45.1 Å². The molecule has 1 saturated carbocycles. The Balaban J connectivity index is 1.69. The molecule has 0 aromatic heterocycles. The van der Waals surface area contributed by atoms with E-state index in [0.29, 0.717) is 5.41 Å². The van der Waals surface area contributed by atoms with Gasteiger partial charge in [0.2, 0.25) is 0 Å². The van der Waals surface area contributed by atoms with E-state index in [-0.39, 0.29) is 0 Å². The van der Waals surface area contributed by atoms with Gasteiger partial charge in [-0.1, -0.05) is 25.5 Å². The van der Waals surface area contributed by atoms with E-state index in [4.69, 9.17) is 0 Å². The van der Waals surface area contributed by atoms with Gasteiger partial charge in [-0.05, 0) is 37.5 Å². The van der Waals surface area contributed by atoms with Crippen molar-refractivity contribution in [2.24, 2.45) is 5.41 Å². The SMILES string of the molecule is CC1(CNC2CC=CCC2)CCC1. The summed E-state index contributed by atoms with van der Waals surface area (Å²) in [5.41, 5.74) is 0.640. The summed E-state index contributed by atoms with van der Waals surface area (Å²) in [4.78, 5) is 0. The molecule has 0 saturated heterocycles. The zero-order valence-electron chi connectivity index (χ0n) is 8.68. The van der Waals surface area contributed by atoms with Crippen molar-refractivity contribution in [1.82, 2.24) is 5.32 Å². The van der Waals surface area contributed by atoms with Gasteiger partial charge in [0.1, 0.15) is 0 Å². The number of allylic oxidation sites excluding steroid dienone is 1. The molecule has 1 atom stereocenters. The Bertz CT molecular complexity index is 191. The molecule has 0 bridgehead atoms. The van der Waals surface area contributed by atoms with Gasteiger partial charge in [0.15, 0.2) is 0 Å². The highest BCUT2D eigenvalue weighted by molar-refractivity contribution is 4.94. The van der Waals surface area contributed by atoms with Crippen molar-refractivity contribution < 1.29 is 0 Å². The molecule has 0 aromatic rings. The van der Waals surface area contributed by atoms with Gasteiger partial charge in [0.05, 0.1) is 0 Å². The third-order valence-corrected chi connectivity index (χ3v) is 3.65. The van der Waals surface area contributed by atoms with Crippen LogP contribution in [0.25, 0.3) is 0 Å². The molecule has 0 radical (unpaired) electrons. The van der Waals surface area contributed by atoms with Crippen molar-refractivity contribution in [2.75, 3.05) is 6.54 Å². The van der Waals surface area contributed by atoms with E-state index in [1.807, 2.05) is 0 Å². The highest BCUT2D eigenvalue weighted by Gasteiger charge is 2.31. The fourth-order valence-electron chi connectivity index (χ4n) is 2.33. The Morgan fingerprint density at radius 2 is 2.23 bits per heavy atom. The van der Waals surface area contributed by atoms with Crippen LogP contribution in [-0.2, 0) is 0 Å². The van der Waals surface area contributed by atoms with Crippen molar-refractivity contribution in [2.45, 2.75) is 51.5 Å². The van der Waals surface area contributed by atoms with Crippen molar-refractivity contribution in [3.05, 3.63) is 12.2 Å². The molecular weight excluding hydrogens is 158 g/mol. The van der Waals surface area contributed by atoms with Gasteiger partial charge in [-0.3, -0.25) is 0 Å². The Morgan fingerprint density at radius 1 is 1.38 bits per heavy atom. The number of nitrogens with one attached hydrogen (secondary N) is 1. The average molecular weight is 179 g/mol. The minimum atomic E-state index is 0.640. The molecule has 1 unspecified atom stereocenters. The summed E-state index contributed by atoms with van der Waals surface area (Å²) < 4.78 is 0. The minimum Gasteiger partial charge on any atom is -0.313 e. The topological polar surface area (TPSA) is 12.0 Å². The molecule has 0 heterocycles. The van der Waals surface area contributed by atoms with Crippen molar-refractivity contribution in [3.8, 4) is 0 Å². The zero-order chi connectivity index (χ0) is 9.15. The lowest BCUT2D eigenvalue weighted by molar-refractivity contribution is 0.149. The van der Waals surface area contributed by atoms with Crippen LogP contribution in [-0.4, -0.2) is 12.6 Å². The second-order valence-electron chi connectivity index (χ2n) is 5.03. The van der Waals surface area contributed by atoms with Crippen LogP contribution in [0.15, 0.2) is 12.2 Å². The van der Waals surface area contributed by atoms with Gasteiger partial charge in [0.25, 0.3) is 0 Å². The maximum atomic E-state index is 3.71. The molecule has 74 valence electrons. The lowest BCUT2D eigenvalue weighted by Gasteiger charge is -2.40. The third-order valence-electron chi connectivity index (χ3n) is 3.65. The molecule has 1 nitrogen and oxygen atoms in total. The molecule has 0 amide bonds. The second-order valence-corrected chi connectivity index (χ2v) is 5.03. The monoisotopic (exact) mass is 179 g/mol. The highest BCUT2D eigenvalue weighted by atomic mass is 14.9. The second kappa shape index (κ2) is 3.83. The predicted octanol–water partition coefficient (Wildman–Crippen LogP) is 2.87. The van der Waals surface area contributed by atoms with Crippen LogP contribution in [0.2, 0.25) is 0 Å². The predicted molar refractivity (Wildman–Crippen MR) is 56.7 cm³/mol. The third kappa shape index (κ3) is 2.34. The summed E-state index contributed by atoms with van der Waals surface area (Å²) in [6, 6.07) is 0.766. The van der Waals surface area contributed by atoms with Gasteiger partial charge < -0.3 is 5.32 Å².